The Morgan fingerprint density at radius 2 is 1.89 bits per heavy atom. The lowest BCUT2D eigenvalue weighted by Gasteiger charge is -2.59. The Labute approximate surface area is 162 Å². The van der Waals surface area contributed by atoms with Gasteiger partial charge in [-0.25, -0.2) is 4.68 Å². The number of hydrogen-bond acceptors (Lipinski definition) is 5. The highest BCUT2D eigenvalue weighted by Gasteiger charge is 2.61. The fourth-order valence-electron chi connectivity index (χ4n) is 6.50. The molecule has 0 radical (unpaired) electrons. The van der Waals surface area contributed by atoms with Crippen LogP contribution in [0.1, 0.15) is 32.1 Å². The van der Waals surface area contributed by atoms with E-state index >= 15 is 0 Å². The maximum atomic E-state index is 13.2. The second-order valence-corrected chi connectivity index (χ2v) is 9.07. The van der Waals surface area contributed by atoms with E-state index in [9.17, 15) is 14.7 Å². The summed E-state index contributed by atoms with van der Waals surface area (Å²) in [6, 6.07) is 0. The van der Waals surface area contributed by atoms with Gasteiger partial charge in [0.05, 0.1) is 36.6 Å². The molecule has 146 valence electrons. The van der Waals surface area contributed by atoms with Gasteiger partial charge in [-0.2, -0.15) is 5.10 Å². The van der Waals surface area contributed by atoms with Crippen molar-refractivity contribution in [3.63, 3.8) is 0 Å². The predicted molar refractivity (Wildman–Crippen MR) is 99.2 cm³/mol. The van der Waals surface area contributed by atoms with E-state index in [0.29, 0.717) is 43.8 Å². The number of morpholine rings is 1. The zero-order valence-corrected chi connectivity index (χ0v) is 15.9. The van der Waals surface area contributed by atoms with Crippen LogP contribution in [0.5, 0.6) is 0 Å². The molecule has 3 atom stereocenters. The molecular formula is C19H24ClN3O4. The van der Waals surface area contributed by atoms with Crippen molar-refractivity contribution in [1.29, 1.82) is 0 Å². The van der Waals surface area contributed by atoms with Gasteiger partial charge in [0.25, 0.3) is 5.56 Å². The van der Waals surface area contributed by atoms with Crippen molar-refractivity contribution in [2.24, 2.45) is 23.7 Å². The summed E-state index contributed by atoms with van der Waals surface area (Å²) in [6.07, 6.45) is 6.16. The molecule has 4 bridgehead atoms. The van der Waals surface area contributed by atoms with E-state index in [2.05, 4.69) is 5.10 Å². The number of carboxylic acid groups (broad SMARTS) is 1. The minimum Gasteiger partial charge on any atom is -0.481 e. The van der Waals surface area contributed by atoms with Gasteiger partial charge in [0.2, 0.25) is 0 Å². The summed E-state index contributed by atoms with van der Waals surface area (Å²) < 4.78 is 6.81. The van der Waals surface area contributed by atoms with Gasteiger partial charge in [0.15, 0.2) is 0 Å². The maximum absolute atomic E-state index is 13.2. The number of nitrogens with zero attached hydrogens (tertiary/aromatic N) is 3. The van der Waals surface area contributed by atoms with Gasteiger partial charge in [-0.15, -0.1) is 0 Å². The van der Waals surface area contributed by atoms with Crippen molar-refractivity contribution < 1.29 is 14.6 Å². The van der Waals surface area contributed by atoms with Crippen molar-refractivity contribution in [1.82, 2.24) is 9.78 Å². The largest absolute Gasteiger partial charge is 0.481 e. The number of ether oxygens (including phenoxy) is 1. The third-order valence-electron chi connectivity index (χ3n) is 7.21. The van der Waals surface area contributed by atoms with Crippen LogP contribution in [0.25, 0.3) is 0 Å². The molecule has 7 nitrogen and oxygen atoms in total. The van der Waals surface area contributed by atoms with E-state index in [1.807, 2.05) is 4.90 Å². The Morgan fingerprint density at radius 3 is 2.52 bits per heavy atom. The Bertz CT molecular complexity index is 821. The number of anilines is 1. The molecule has 0 amide bonds. The van der Waals surface area contributed by atoms with Crippen LogP contribution in [0.4, 0.5) is 5.69 Å². The van der Waals surface area contributed by atoms with Crippen molar-refractivity contribution in [2.45, 2.75) is 37.6 Å². The molecule has 27 heavy (non-hydrogen) atoms. The highest BCUT2D eigenvalue weighted by atomic mass is 35.5. The van der Waals surface area contributed by atoms with Gasteiger partial charge in [-0.3, -0.25) is 9.59 Å². The number of hydrogen-bond donors (Lipinski definition) is 1. The van der Waals surface area contributed by atoms with Crippen LogP contribution >= 0.6 is 11.6 Å². The zero-order valence-electron chi connectivity index (χ0n) is 15.1. The Morgan fingerprint density at radius 1 is 1.22 bits per heavy atom. The van der Waals surface area contributed by atoms with Gasteiger partial charge in [-0.05, 0) is 49.9 Å². The van der Waals surface area contributed by atoms with Crippen LogP contribution in [-0.2, 0) is 15.1 Å². The predicted octanol–water partition coefficient (Wildman–Crippen LogP) is 1.97. The Balaban J connectivity index is 1.60. The number of carbonyl (C=O) groups is 1. The van der Waals surface area contributed by atoms with Crippen LogP contribution < -0.4 is 10.5 Å². The molecule has 1 saturated heterocycles. The molecule has 5 aliphatic rings. The second kappa shape index (κ2) is 6.21. The summed E-state index contributed by atoms with van der Waals surface area (Å²) in [6.45, 7) is 2.52. The van der Waals surface area contributed by atoms with Crippen LogP contribution in [0.3, 0.4) is 0 Å². The lowest BCUT2D eigenvalue weighted by atomic mass is 9.48. The van der Waals surface area contributed by atoms with Gasteiger partial charge in [0.1, 0.15) is 5.02 Å². The van der Waals surface area contributed by atoms with Crippen molar-refractivity contribution in [3.8, 4) is 0 Å². The quantitative estimate of drug-likeness (QED) is 0.845. The molecule has 8 heteroatoms. The normalized spacial score (nSPS) is 37.6. The van der Waals surface area contributed by atoms with Gasteiger partial charge < -0.3 is 14.7 Å². The van der Waals surface area contributed by atoms with E-state index in [1.54, 1.807) is 6.20 Å². The monoisotopic (exact) mass is 393 g/mol. The topological polar surface area (TPSA) is 84.7 Å². The molecule has 1 N–H and O–H groups in total. The highest BCUT2D eigenvalue weighted by molar-refractivity contribution is 6.33. The molecule has 1 aromatic heterocycles. The molecule has 1 aromatic rings. The van der Waals surface area contributed by atoms with Crippen LogP contribution in [-0.4, -0.2) is 47.2 Å². The standard InChI is InChI=1S/C19H24ClN3O4/c20-16-14(22-1-3-27-4-2-22)10-21-23(17(16)24)19-8-11-5-12(9-19)7-13(6-11)15(19)18(25)26/h10-13,15H,1-9H2,(H,25,26). The van der Waals surface area contributed by atoms with Crippen molar-refractivity contribution >= 4 is 23.3 Å². The highest BCUT2D eigenvalue weighted by Crippen LogP contribution is 2.61. The summed E-state index contributed by atoms with van der Waals surface area (Å²) in [5.41, 5.74) is -0.461. The number of aromatic nitrogens is 2. The molecule has 6 rings (SSSR count). The number of halogens is 1. The first-order valence-electron chi connectivity index (χ1n) is 9.83. The average molecular weight is 394 g/mol. The molecule has 1 aliphatic heterocycles. The molecule has 5 fully saturated rings. The molecule has 0 aromatic carbocycles. The summed E-state index contributed by atoms with van der Waals surface area (Å²) in [4.78, 5) is 27.4. The lowest BCUT2D eigenvalue weighted by molar-refractivity contribution is -0.168. The minimum absolute atomic E-state index is 0.139. The minimum atomic E-state index is -0.805. The Hall–Kier alpha value is -1.60. The van der Waals surface area contributed by atoms with E-state index < -0.39 is 17.4 Å². The summed E-state index contributed by atoms with van der Waals surface area (Å²) in [7, 11) is 0. The summed E-state index contributed by atoms with van der Waals surface area (Å²) in [5, 5.41) is 14.6. The third-order valence-corrected chi connectivity index (χ3v) is 7.57. The first-order valence-corrected chi connectivity index (χ1v) is 10.2. The fraction of sp³-hybridized carbons (Fsp3) is 0.737. The number of aliphatic carboxylic acids is 1. The van der Waals surface area contributed by atoms with Gasteiger partial charge in [-0.1, -0.05) is 11.6 Å². The number of rotatable bonds is 3. The average Bonchev–Trinajstić information content (AvgIpc) is 2.63. The summed E-state index contributed by atoms with van der Waals surface area (Å²) in [5.74, 6) is -0.240. The molecule has 2 heterocycles. The zero-order chi connectivity index (χ0) is 18.8. The van der Waals surface area contributed by atoms with E-state index in [0.717, 1.165) is 32.1 Å². The molecule has 4 saturated carbocycles. The summed E-state index contributed by atoms with van der Waals surface area (Å²) >= 11 is 6.50. The lowest BCUT2D eigenvalue weighted by Crippen LogP contribution is -2.63. The Kier molecular flexibility index (Phi) is 4.02. The van der Waals surface area contributed by atoms with Gasteiger partial charge in [0, 0.05) is 13.1 Å². The van der Waals surface area contributed by atoms with Gasteiger partial charge >= 0.3 is 5.97 Å². The van der Waals surface area contributed by atoms with E-state index in [4.69, 9.17) is 16.3 Å². The SMILES string of the molecule is O=C(O)C1C2CC3CC(C2)CC1(n1ncc(N2CCOCC2)c(Cl)c1=O)C3. The van der Waals surface area contributed by atoms with Crippen molar-refractivity contribution in [2.75, 3.05) is 31.2 Å². The van der Waals surface area contributed by atoms with Crippen molar-refractivity contribution in [3.05, 3.63) is 21.6 Å². The third kappa shape index (κ3) is 2.54. The first-order chi connectivity index (χ1) is 13.0. The smallest absolute Gasteiger partial charge is 0.309 e. The molecular weight excluding hydrogens is 370 g/mol. The first kappa shape index (κ1) is 17.5. The van der Waals surface area contributed by atoms with Crippen LogP contribution in [0.2, 0.25) is 5.02 Å². The fourth-order valence-corrected chi connectivity index (χ4v) is 6.75. The van der Waals surface area contributed by atoms with E-state index in [-0.39, 0.29) is 16.5 Å². The van der Waals surface area contributed by atoms with E-state index in [1.165, 1.54) is 4.68 Å². The molecule has 3 unspecified atom stereocenters. The maximum Gasteiger partial charge on any atom is 0.309 e. The number of carboxylic acids is 1. The molecule has 4 aliphatic carbocycles. The van der Waals surface area contributed by atoms with Crippen LogP contribution in [0, 0.1) is 23.7 Å². The second-order valence-electron chi connectivity index (χ2n) is 8.69. The van der Waals surface area contributed by atoms with Crippen LogP contribution in [0.15, 0.2) is 11.0 Å². The molecule has 0 spiro atoms.